The minimum absolute atomic E-state index is 0.178. The fraction of sp³-hybridized carbons (Fsp3) is 0.652. The predicted octanol–water partition coefficient (Wildman–Crippen LogP) is 4.49. The van der Waals surface area contributed by atoms with Crippen LogP contribution in [0, 0.1) is 41.4 Å². The largest absolute Gasteiger partial charge is 0.442 e. The SMILES string of the molecule is C#C[C@]1(OC(C)=O)C=C[C@H]2[C@@H]3CCC4=CC(=NO)CC[C@@H]4[C@H]3CC[C@@]21CC. The first-order chi connectivity index (χ1) is 13.0. The molecule has 144 valence electrons. The zero-order chi connectivity index (χ0) is 19.2. The van der Waals surface area contributed by atoms with Crippen LogP contribution in [0.25, 0.3) is 0 Å². The van der Waals surface area contributed by atoms with E-state index in [0.29, 0.717) is 23.7 Å². The van der Waals surface area contributed by atoms with Crippen molar-refractivity contribution >= 4 is 11.7 Å². The molecule has 0 radical (unpaired) electrons. The number of nitrogens with zero attached hydrogens (tertiary/aromatic N) is 1. The van der Waals surface area contributed by atoms with E-state index in [2.05, 4.69) is 30.2 Å². The van der Waals surface area contributed by atoms with Gasteiger partial charge in [-0.15, -0.1) is 6.42 Å². The van der Waals surface area contributed by atoms with E-state index >= 15 is 0 Å². The van der Waals surface area contributed by atoms with E-state index in [9.17, 15) is 4.79 Å². The van der Waals surface area contributed by atoms with Gasteiger partial charge in [0.05, 0.1) is 5.71 Å². The molecule has 4 aliphatic rings. The number of oxime groups is 1. The second-order valence-corrected chi connectivity index (χ2v) is 8.73. The highest BCUT2D eigenvalue weighted by atomic mass is 16.6. The summed E-state index contributed by atoms with van der Waals surface area (Å²) in [7, 11) is 0. The topological polar surface area (TPSA) is 58.9 Å². The molecule has 0 aromatic carbocycles. The van der Waals surface area contributed by atoms with Crippen LogP contribution in [-0.4, -0.2) is 22.5 Å². The number of hydrogen-bond acceptors (Lipinski definition) is 4. The summed E-state index contributed by atoms with van der Waals surface area (Å²) < 4.78 is 5.81. The average Bonchev–Trinajstić information content (AvgIpc) is 3.01. The normalized spacial score (nSPS) is 43.9. The highest BCUT2D eigenvalue weighted by molar-refractivity contribution is 5.96. The second-order valence-electron chi connectivity index (χ2n) is 8.73. The molecule has 0 saturated heterocycles. The third-order valence-corrected chi connectivity index (χ3v) is 7.95. The van der Waals surface area contributed by atoms with E-state index in [0.717, 1.165) is 50.7 Å². The van der Waals surface area contributed by atoms with E-state index in [1.54, 1.807) is 0 Å². The van der Waals surface area contributed by atoms with Crippen molar-refractivity contribution in [1.29, 1.82) is 0 Å². The molecule has 0 aromatic heterocycles. The maximum Gasteiger partial charge on any atom is 0.304 e. The minimum Gasteiger partial charge on any atom is -0.442 e. The van der Waals surface area contributed by atoms with Gasteiger partial charge in [0.15, 0.2) is 5.60 Å². The number of hydrogen-bond donors (Lipinski definition) is 1. The van der Waals surface area contributed by atoms with Gasteiger partial charge in [-0.05, 0) is 80.8 Å². The highest BCUT2D eigenvalue weighted by Gasteiger charge is 2.63. The third-order valence-electron chi connectivity index (χ3n) is 7.95. The molecule has 4 rings (SSSR count). The lowest BCUT2D eigenvalue weighted by atomic mass is 9.49. The van der Waals surface area contributed by atoms with Gasteiger partial charge in [0, 0.05) is 12.3 Å². The third kappa shape index (κ3) is 2.51. The second kappa shape index (κ2) is 6.55. The van der Waals surface area contributed by atoms with Gasteiger partial charge in [0.25, 0.3) is 0 Å². The van der Waals surface area contributed by atoms with Crippen LogP contribution in [-0.2, 0) is 9.53 Å². The predicted molar refractivity (Wildman–Crippen MR) is 104 cm³/mol. The number of carbonyl (C=O) groups is 1. The van der Waals surface area contributed by atoms with Crippen molar-refractivity contribution < 1.29 is 14.7 Å². The Morgan fingerprint density at radius 1 is 1.37 bits per heavy atom. The average molecular weight is 367 g/mol. The van der Waals surface area contributed by atoms with Crippen LogP contribution in [0.1, 0.15) is 58.8 Å². The van der Waals surface area contributed by atoms with Gasteiger partial charge in [-0.25, -0.2) is 0 Å². The number of carbonyl (C=O) groups excluding carboxylic acids is 1. The molecule has 0 bridgehead atoms. The Hall–Kier alpha value is -2.02. The van der Waals surface area contributed by atoms with Crippen molar-refractivity contribution in [3.05, 3.63) is 23.8 Å². The quantitative estimate of drug-likeness (QED) is 0.257. The van der Waals surface area contributed by atoms with Crippen molar-refractivity contribution in [2.45, 2.75) is 64.4 Å². The van der Waals surface area contributed by atoms with Crippen molar-refractivity contribution in [2.24, 2.45) is 34.2 Å². The van der Waals surface area contributed by atoms with Crippen LogP contribution in [0.4, 0.5) is 0 Å². The van der Waals surface area contributed by atoms with Crippen LogP contribution in [0.5, 0.6) is 0 Å². The molecule has 0 amide bonds. The molecule has 0 unspecified atom stereocenters. The number of rotatable bonds is 2. The van der Waals surface area contributed by atoms with E-state index in [-0.39, 0.29) is 11.4 Å². The lowest BCUT2D eigenvalue weighted by Crippen LogP contribution is -2.55. The molecular formula is C23H29NO3. The number of terminal acetylenes is 1. The Morgan fingerprint density at radius 2 is 2.19 bits per heavy atom. The summed E-state index contributed by atoms with van der Waals surface area (Å²) in [5.41, 5.74) is 1.20. The van der Waals surface area contributed by atoms with Gasteiger partial charge < -0.3 is 9.94 Å². The van der Waals surface area contributed by atoms with Crippen molar-refractivity contribution in [3.63, 3.8) is 0 Å². The molecule has 4 heteroatoms. The standard InChI is InChI=1S/C23H29NO3/c1-4-22-12-10-19-18-9-7-17(24-26)14-16(18)6-8-20(19)21(22)11-13-23(22,5-2)27-15(3)25/h2,11,13-14,18-21,26H,4,6-10,12H2,1,3H3/t18-,19+,20+,21-,22-,23-/m0/s1. The lowest BCUT2D eigenvalue weighted by molar-refractivity contribution is -0.165. The van der Waals surface area contributed by atoms with Gasteiger partial charge >= 0.3 is 5.97 Å². The van der Waals surface area contributed by atoms with Crippen LogP contribution in [0.15, 0.2) is 29.0 Å². The van der Waals surface area contributed by atoms with Gasteiger partial charge in [0.1, 0.15) is 0 Å². The van der Waals surface area contributed by atoms with Gasteiger partial charge in [0.2, 0.25) is 0 Å². The zero-order valence-corrected chi connectivity index (χ0v) is 16.3. The first-order valence-electron chi connectivity index (χ1n) is 10.3. The molecule has 27 heavy (non-hydrogen) atoms. The fourth-order valence-electron chi connectivity index (χ4n) is 6.84. The molecule has 0 aliphatic heterocycles. The van der Waals surface area contributed by atoms with E-state index in [4.69, 9.17) is 16.4 Å². The molecule has 4 aliphatic carbocycles. The van der Waals surface area contributed by atoms with Crippen LogP contribution in [0.2, 0.25) is 0 Å². The van der Waals surface area contributed by atoms with Crippen LogP contribution >= 0.6 is 0 Å². The highest BCUT2D eigenvalue weighted by Crippen LogP contribution is 2.64. The van der Waals surface area contributed by atoms with E-state index < -0.39 is 5.60 Å². The maximum atomic E-state index is 11.8. The van der Waals surface area contributed by atoms with Gasteiger partial charge in [-0.1, -0.05) is 29.6 Å². The minimum atomic E-state index is -0.900. The number of allylic oxidation sites excluding steroid dienone is 3. The summed E-state index contributed by atoms with van der Waals surface area (Å²) in [6, 6.07) is 0. The van der Waals surface area contributed by atoms with E-state index in [1.807, 2.05) is 6.08 Å². The number of fused-ring (bicyclic) bond motifs is 5. The number of ether oxygens (including phenoxy) is 1. The Labute approximate surface area is 161 Å². The molecule has 6 atom stereocenters. The molecular weight excluding hydrogens is 338 g/mol. The summed E-state index contributed by atoms with van der Waals surface area (Å²) in [4.78, 5) is 11.8. The fourth-order valence-corrected chi connectivity index (χ4v) is 6.84. The monoisotopic (exact) mass is 367 g/mol. The summed E-state index contributed by atoms with van der Waals surface area (Å²) in [5.74, 6) is 4.76. The molecule has 2 saturated carbocycles. The van der Waals surface area contributed by atoms with Crippen LogP contribution in [0.3, 0.4) is 0 Å². The number of esters is 1. The maximum absolute atomic E-state index is 11.8. The first kappa shape index (κ1) is 18.3. The van der Waals surface area contributed by atoms with Crippen molar-refractivity contribution in [1.82, 2.24) is 0 Å². The first-order valence-corrected chi connectivity index (χ1v) is 10.3. The van der Waals surface area contributed by atoms with Gasteiger partial charge in [-0.2, -0.15) is 0 Å². The summed E-state index contributed by atoms with van der Waals surface area (Å²) >= 11 is 0. The van der Waals surface area contributed by atoms with Gasteiger partial charge in [-0.3, -0.25) is 4.79 Å². The molecule has 0 heterocycles. The molecule has 0 spiro atoms. The Kier molecular flexibility index (Phi) is 4.45. The molecule has 4 nitrogen and oxygen atoms in total. The molecule has 0 aromatic rings. The van der Waals surface area contributed by atoms with Crippen molar-refractivity contribution in [2.75, 3.05) is 0 Å². The summed E-state index contributed by atoms with van der Waals surface area (Å²) in [6.07, 6.45) is 19.5. The van der Waals surface area contributed by atoms with Crippen LogP contribution < -0.4 is 0 Å². The Bertz CT molecular complexity index is 773. The molecule has 1 N–H and O–H groups in total. The summed E-state index contributed by atoms with van der Waals surface area (Å²) in [5, 5.41) is 12.6. The zero-order valence-electron chi connectivity index (χ0n) is 16.3. The smallest absolute Gasteiger partial charge is 0.304 e. The lowest BCUT2D eigenvalue weighted by Gasteiger charge is -2.56. The Morgan fingerprint density at radius 3 is 2.85 bits per heavy atom. The molecule has 2 fully saturated rings. The summed E-state index contributed by atoms with van der Waals surface area (Å²) in [6.45, 7) is 3.64. The van der Waals surface area contributed by atoms with Crippen molar-refractivity contribution in [3.8, 4) is 12.3 Å². The van der Waals surface area contributed by atoms with E-state index in [1.165, 1.54) is 12.5 Å². The Balaban J connectivity index is 1.67.